The predicted molar refractivity (Wildman–Crippen MR) is 127 cm³/mol. The van der Waals surface area contributed by atoms with Gasteiger partial charge in [0.2, 0.25) is 0 Å². The van der Waals surface area contributed by atoms with Crippen molar-refractivity contribution in [2.24, 2.45) is 4.22 Å². The second kappa shape index (κ2) is 8.45. The van der Waals surface area contributed by atoms with Crippen molar-refractivity contribution in [3.63, 3.8) is 0 Å². The van der Waals surface area contributed by atoms with Gasteiger partial charge in [-0.15, -0.1) is 0 Å². The van der Waals surface area contributed by atoms with Gasteiger partial charge in [0.1, 0.15) is 0 Å². The minimum atomic E-state index is -3.37. The monoisotopic (exact) mass is 471 g/mol. The number of rotatable bonds is 4. The van der Waals surface area contributed by atoms with Crippen LogP contribution < -0.4 is 4.22 Å². The van der Waals surface area contributed by atoms with Gasteiger partial charge in [0.25, 0.3) is 0 Å². The molecule has 3 aromatic carbocycles. The van der Waals surface area contributed by atoms with E-state index in [4.69, 9.17) is 22.8 Å². The molecule has 0 saturated heterocycles. The number of halogens is 2. The molecule has 30 heavy (non-hydrogen) atoms. The molecule has 2 aliphatic rings. The Bertz CT molecular complexity index is 1110. The van der Waals surface area contributed by atoms with Crippen molar-refractivity contribution >= 4 is 35.5 Å². The number of allylic oxidation sites excluding steroid dienone is 1. The standard InChI is InChI=1S/C26H25.2ClH.H2N.Ti/c1-18-25(24-16-15-19-9-5-7-13-22(19)24)17-21-12-6-8-14-23(21)26(18)20-10-3-2-4-11-20;;;;/h5-9,12-17,20,24H,1-4,10-11H2;2*1H;1H2;/q;;;-1;+3/p-2. The molecule has 0 amide bonds. The Morgan fingerprint density at radius 3 is 2.43 bits per heavy atom. The summed E-state index contributed by atoms with van der Waals surface area (Å²) in [5.74, 6) is 0.804. The molecule has 1 atom stereocenters. The topological polar surface area (TPSA) is 26.0 Å². The summed E-state index contributed by atoms with van der Waals surface area (Å²) < 4.78 is 7.01. The van der Waals surface area contributed by atoms with Crippen molar-refractivity contribution in [1.82, 2.24) is 0 Å². The molecule has 2 aliphatic carbocycles. The van der Waals surface area contributed by atoms with E-state index in [9.17, 15) is 0 Å². The molecule has 1 fully saturated rings. The molecule has 154 valence electrons. The Balaban J connectivity index is 1.77. The number of fused-ring (bicyclic) bond motifs is 2. The molecular formula is C26H27Cl2NTi. The SMILES string of the molecule is [NH2][Ti]([Cl])([Cl])[CH2]c1c(C2C=Cc3ccccc32)cc2ccccc2c1C1CCCCC1. The first-order chi connectivity index (χ1) is 14.5. The Morgan fingerprint density at radius 1 is 0.900 bits per heavy atom. The quantitative estimate of drug-likeness (QED) is 0.384. The van der Waals surface area contributed by atoms with Crippen molar-refractivity contribution in [2.45, 2.75) is 48.7 Å². The van der Waals surface area contributed by atoms with E-state index in [1.54, 1.807) is 0 Å². The molecule has 0 heterocycles. The van der Waals surface area contributed by atoms with Crippen LogP contribution in [0.1, 0.15) is 71.8 Å². The second-order valence-corrected chi connectivity index (χ2v) is 18.1. The fourth-order valence-corrected chi connectivity index (χ4v) is 7.98. The van der Waals surface area contributed by atoms with Crippen LogP contribution in [0, 0.1) is 0 Å². The normalized spacial score (nSPS) is 19.4. The van der Waals surface area contributed by atoms with Crippen molar-refractivity contribution in [3.05, 3.63) is 88.5 Å². The van der Waals surface area contributed by atoms with Crippen LogP contribution in [0.5, 0.6) is 0 Å². The van der Waals surface area contributed by atoms with Gasteiger partial charge in [-0.2, -0.15) is 0 Å². The molecule has 3 aromatic rings. The Hall–Kier alpha value is -1.09. The number of nitrogens with two attached hydrogens (primary N) is 1. The van der Waals surface area contributed by atoms with Crippen LogP contribution in [0.4, 0.5) is 0 Å². The zero-order valence-electron chi connectivity index (χ0n) is 17.1. The van der Waals surface area contributed by atoms with E-state index in [2.05, 4.69) is 66.7 Å². The summed E-state index contributed by atoms with van der Waals surface area (Å²) in [5.41, 5.74) is 6.82. The van der Waals surface area contributed by atoms with E-state index in [0.717, 1.165) is 0 Å². The molecule has 4 heteroatoms. The first-order valence-corrected chi connectivity index (χ1v) is 17.3. The van der Waals surface area contributed by atoms with Crippen LogP contribution in [0.2, 0.25) is 0 Å². The third-order valence-corrected chi connectivity index (χ3v) is 9.19. The first kappa shape index (κ1) is 20.8. The van der Waals surface area contributed by atoms with Gasteiger partial charge in [-0.3, -0.25) is 0 Å². The average molecular weight is 472 g/mol. The molecule has 0 bridgehead atoms. The maximum absolute atomic E-state index is 6.62. The van der Waals surface area contributed by atoms with E-state index in [1.165, 1.54) is 70.7 Å². The van der Waals surface area contributed by atoms with Crippen molar-refractivity contribution in [2.75, 3.05) is 0 Å². The minimum absolute atomic E-state index is 0.237. The van der Waals surface area contributed by atoms with Crippen LogP contribution in [0.3, 0.4) is 0 Å². The molecule has 0 spiro atoms. The van der Waals surface area contributed by atoms with Gasteiger partial charge in [-0.05, 0) is 0 Å². The van der Waals surface area contributed by atoms with E-state index in [1.807, 2.05) is 0 Å². The van der Waals surface area contributed by atoms with Gasteiger partial charge in [-0.25, -0.2) is 0 Å². The van der Waals surface area contributed by atoms with Crippen LogP contribution in [0.15, 0.2) is 60.7 Å². The Labute approximate surface area is 190 Å². The molecule has 0 aliphatic heterocycles. The first-order valence-electron chi connectivity index (χ1n) is 11.0. The fourth-order valence-electron chi connectivity index (χ4n) is 5.53. The Kier molecular flexibility index (Phi) is 5.86. The van der Waals surface area contributed by atoms with Crippen LogP contribution in [-0.4, -0.2) is 0 Å². The van der Waals surface area contributed by atoms with Gasteiger partial charge in [0.05, 0.1) is 0 Å². The summed E-state index contributed by atoms with van der Waals surface area (Å²) in [6.45, 7) is 0. The zero-order valence-corrected chi connectivity index (χ0v) is 20.2. The molecular weight excluding hydrogens is 445 g/mol. The summed E-state index contributed by atoms with van der Waals surface area (Å²) in [4.78, 5) is 0. The molecule has 0 radical (unpaired) electrons. The molecule has 2 N–H and O–H groups in total. The van der Waals surface area contributed by atoms with Gasteiger partial charge >= 0.3 is 192 Å². The summed E-state index contributed by atoms with van der Waals surface area (Å²) in [6, 6.07) is 19.9. The maximum atomic E-state index is 6.62. The number of hydrogen-bond acceptors (Lipinski definition) is 1. The van der Waals surface area contributed by atoms with Gasteiger partial charge in [0, 0.05) is 0 Å². The second-order valence-electron chi connectivity index (χ2n) is 8.82. The summed E-state index contributed by atoms with van der Waals surface area (Å²) in [5, 5.41) is 2.67. The molecule has 0 aromatic heterocycles. The molecule has 1 unspecified atom stereocenters. The molecule has 1 saturated carbocycles. The third kappa shape index (κ3) is 4.04. The van der Waals surface area contributed by atoms with E-state index >= 15 is 0 Å². The predicted octanol–water partition coefficient (Wildman–Crippen LogP) is 7.88. The fraction of sp³-hybridized carbons (Fsp3) is 0.308. The van der Waals surface area contributed by atoms with E-state index in [-0.39, 0.29) is 5.92 Å². The average Bonchev–Trinajstić information content (AvgIpc) is 3.17. The molecule has 1 nitrogen and oxygen atoms in total. The summed E-state index contributed by atoms with van der Waals surface area (Å²) in [7, 11) is 13.2. The van der Waals surface area contributed by atoms with Crippen molar-refractivity contribution in [3.8, 4) is 0 Å². The number of benzene rings is 3. The molecule has 5 rings (SSSR count). The summed E-state index contributed by atoms with van der Waals surface area (Å²) >= 11 is -3.37. The van der Waals surface area contributed by atoms with Gasteiger partial charge < -0.3 is 0 Å². The Morgan fingerprint density at radius 2 is 1.63 bits per heavy atom. The third-order valence-electron chi connectivity index (χ3n) is 6.80. The van der Waals surface area contributed by atoms with Crippen LogP contribution in [-0.2, 0) is 19.4 Å². The van der Waals surface area contributed by atoms with Crippen LogP contribution >= 0.6 is 18.6 Å². The van der Waals surface area contributed by atoms with Gasteiger partial charge in [-0.1, -0.05) is 0 Å². The summed E-state index contributed by atoms with van der Waals surface area (Å²) in [6.07, 6.45) is 11.0. The van der Waals surface area contributed by atoms with Crippen molar-refractivity contribution in [1.29, 1.82) is 0 Å². The van der Waals surface area contributed by atoms with Crippen LogP contribution in [0.25, 0.3) is 16.8 Å². The van der Waals surface area contributed by atoms with Gasteiger partial charge in [0.15, 0.2) is 0 Å². The van der Waals surface area contributed by atoms with E-state index < -0.39 is 14.7 Å². The van der Waals surface area contributed by atoms with E-state index in [0.29, 0.717) is 10.6 Å². The zero-order chi connectivity index (χ0) is 20.7. The van der Waals surface area contributed by atoms with Crippen molar-refractivity contribution < 1.29 is 14.7 Å². The number of hydrogen-bond donors (Lipinski definition) is 1.